The SMILES string of the molecule is Cc1ccc(C(=O)NCC2CCCC(N)C2)cn1.Cl.Cl. The summed E-state index contributed by atoms with van der Waals surface area (Å²) in [7, 11) is 0. The smallest absolute Gasteiger partial charge is 0.252 e. The molecule has 1 heterocycles. The second kappa shape index (κ2) is 9.16. The summed E-state index contributed by atoms with van der Waals surface area (Å²) in [6.07, 6.45) is 6.10. The molecule has 2 unspecified atom stereocenters. The Morgan fingerprint density at radius 2 is 2.15 bits per heavy atom. The van der Waals surface area contributed by atoms with Gasteiger partial charge in [-0.2, -0.15) is 0 Å². The van der Waals surface area contributed by atoms with Gasteiger partial charge in [-0.15, -0.1) is 24.8 Å². The molecule has 1 aromatic heterocycles. The van der Waals surface area contributed by atoms with Gasteiger partial charge in [-0.3, -0.25) is 9.78 Å². The lowest BCUT2D eigenvalue weighted by molar-refractivity contribution is 0.0942. The van der Waals surface area contributed by atoms with E-state index in [1.807, 2.05) is 19.1 Å². The number of hydrogen-bond donors (Lipinski definition) is 2. The van der Waals surface area contributed by atoms with Crippen molar-refractivity contribution >= 4 is 30.7 Å². The number of carbonyl (C=O) groups is 1. The van der Waals surface area contributed by atoms with Gasteiger partial charge in [-0.1, -0.05) is 6.42 Å². The van der Waals surface area contributed by atoms with Gasteiger partial charge in [0.1, 0.15) is 0 Å². The summed E-state index contributed by atoms with van der Waals surface area (Å²) in [5.74, 6) is 0.484. The van der Waals surface area contributed by atoms with E-state index >= 15 is 0 Å². The molecule has 1 aromatic rings. The van der Waals surface area contributed by atoms with E-state index in [9.17, 15) is 4.79 Å². The van der Waals surface area contributed by atoms with Gasteiger partial charge in [-0.05, 0) is 44.2 Å². The highest BCUT2D eigenvalue weighted by Gasteiger charge is 2.19. The van der Waals surface area contributed by atoms with Crippen LogP contribution in [0.3, 0.4) is 0 Å². The summed E-state index contributed by atoms with van der Waals surface area (Å²) >= 11 is 0. The summed E-state index contributed by atoms with van der Waals surface area (Å²) < 4.78 is 0. The molecule has 0 bridgehead atoms. The molecule has 4 nitrogen and oxygen atoms in total. The van der Waals surface area contributed by atoms with Crippen molar-refractivity contribution in [3.05, 3.63) is 29.6 Å². The van der Waals surface area contributed by atoms with Crippen LogP contribution >= 0.6 is 24.8 Å². The predicted octanol–water partition coefficient (Wildman–Crippen LogP) is 2.48. The molecule has 1 fully saturated rings. The minimum Gasteiger partial charge on any atom is -0.352 e. The first kappa shape index (κ1) is 19.2. The van der Waals surface area contributed by atoms with E-state index in [-0.39, 0.29) is 30.7 Å². The van der Waals surface area contributed by atoms with Crippen LogP contribution < -0.4 is 11.1 Å². The fourth-order valence-electron chi connectivity index (χ4n) is 2.46. The number of hydrogen-bond acceptors (Lipinski definition) is 3. The van der Waals surface area contributed by atoms with Crippen molar-refractivity contribution in [3.8, 4) is 0 Å². The summed E-state index contributed by atoms with van der Waals surface area (Å²) in [6.45, 7) is 2.63. The Bertz CT molecular complexity index is 411. The summed E-state index contributed by atoms with van der Waals surface area (Å²) in [5.41, 5.74) is 7.48. The summed E-state index contributed by atoms with van der Waals surface area (Å²) in [5, 5.41) is 2.97. The fraction of sp³-hybridized carbons (Fsp3) is 0.571. The van der Waals surface area contributed by atoms with Gasteiger partial charge in [0.05, 0.1) is 5.56 Å². The molecule has 0 aromatic carbocycles. The second-order valence-electron chi connectivity index (χ2n) is 5.19. The molecule has 0 spiro atoms. The molecule has 0 radical (unpaired) electrons. The third-order valence-corrected chi connectivity index (χ3v) is 3.55. The molecule has 0 aliphatic heterocycles. The number of halogens is 2. The standard InChI is InChI=1S/C14H21N3O.2ClH/c1-10-5-6-12(9-16-10)14(18)17-8-11-3-2-4-13(15)7-11;;/h5-6,9,11,13H,2-4,7-8,15H2,1H3,(H,17,18);2*1H. The van der Waals surface area contributed by atoms with Crippen molar-refractivity contribution in [2.24, 2.45) is 11.7 Å². The first-order valence-electron chi connectivity index (χ1n) is 6.61. The average Bonchev–Trinajstić information content (AvgIpc) is 2.37. The number of aromatic nitrogens is 1. The zero-order valence-electron chi connectivity index (χ0n) is 11.7. The topological polar surface area (TPSA) is 68.0 Å². The fourth-order valence-corrected chi connectivity index (χ4v) is 2.46. The van der Waals surface area contributed by atoms with Gasteiger partial charge in [0, 0.05) is 24.5 Å². The number of pyridine rings is 1. The maximum Gasteiger partial charge on any atom is 0.252 e. The Labute approximate surface area is 132 Å². The van der Waals surface area contributed by atoms with Crippen molar-refractivity contribution in [1.82, 2.24) is 10.3 Å². The monoisotopic (exact) mass is 319 g/mol. The highest BCUT2D eigenvalue weighted by Crippen LogP contribution is 2.22. The number of rotatable bonds is 3. The van der Waals surface area contributed by atoms with Gasteiger partial charge in [0.15, 0.2) is 0 Å². The van der Waals surface area contributed by atoms with Crippen molar-refractivity contribution in [1.29, 1.82) is 0 Å². The highest BCUT2D eigenvalue weighted by atomic mass is 35.5. The zero-order chi connectivity index (χ0) is 13.0. The van der Waals surface area contributed by atoms with E-state index in [2.05, 4.69) is 10.3 Å². The lowest BCUT2D eigenvalue weighted by Crippen LogP contribution is -2.35. The zero-order valence-corrected chi connectivity index (χ0v) is 13.3. The van der Waals surface area contributed by atoms with Crippen molar-refractivity contribution < 1.29 is 4.79 Å². The maximum atomic E-state index is 11.9. The second-order valence-corrected chi connectivity index (χ2v) is 5.19. The van der Waals surface area contributed by atoms with Crippen molar-refractivity contribution in [2.75, 3.05) is 6.54 Å². The van der Waals surface area contributed by atoms with Crippen LogP contribution in [-0.2, 0) is 0 Å². The van der Waals surface area contributed by atoms with E-state index in [4.69, 9.17) is 5.73 Å². The molecule has 1 amide bonds. The molecule has 1 saturated carbocycles. The lowest BCUT2D eigenvalue weighted by Gasteiger charge is -2.26. The van der Waals surface area contributed by atoms with Crippen LogP contribution in [0.5, 0.6) is 0 Å². The minimum atomic E-state index is -0.0401. The Morgan fingerprint density at radius 1 is 1.40 bits per heavy atom. The van der Waals surface area contributed by atoms with Gasteiger partial charge >= 0.3 is 0 Å². The van der Waals surface area contributed by atoms with E-state index in [0.717, 1.165) is 25.1 Å². The normalized spacial score (nSPS) is 21.3. The number of carbonyl (C=O) groups excluding carboxylic acids is 1. The van der Waals surface area contributed by atoms with Gasteiger partial charge in [-0.25, -0.2) is 0 Å². The van der Waals surface area contributed by atoms with Gasteiger partial charge < -0.3 is 11.1 Å². The molecule has 20 heavy (non-hydrogen) atoms. The molecular weight excluding hydrogens is 297 g/mol. The first-order valence-corrected chi connectivity index (χ1v) is 6.61. The molecule has 1 aliphatic carbocycles. The van der Waals surface area contributed by atoms with Crippen LogP contribution in [0.4, 0.5) is 0 Å². The van der Waals surface area contributed by atoms with Gasteiger partial charge in [0.2, 0.25) is 0 Å². The number of aryl methyl sites for hydroxylation is 1. The third-order valence-electron chi connectivity index (χ3n) is 3.55. The van der Waals surface area contributed by atoms with Crippen LogP contribution in [0.15, 0.2) is 18.3 Å². The molecule has 114 valence electrons. The molecule has 3 N–H and O–H groups in total. The molecule has 1 aliphatic rings. The molecule has 2 rings (SSSR count). The molecule has 2 atom stereocenters. The summed E-state index contributed by atoms with van der Waals surface area (Å²) in [4.78, 5) is 16.0. The van der Waals surface area contributed by atoms with Crippen LogP contribution in [0, 0.1) is 12.8 Å². The van der Waals surface area contributed by atoms with Crippen LogP contribution in [0.2, 0.25) is 0 Å². The van der Waals surface area contributed by atoms with E-state index in [1.54, 1.807) is 6.20 Å². The summed E-state index contributed by atoms with van der Waals surface area (Å²) in [6, 6.07) is 3.97. The third kappa shape index (κ3) is 5.65. The van der Waals surface area contributed by atoms with E-state index in [1.165, 1.54) is 12.8 Å². The van der Waals surface area contributed by atoms with Crippen LogP contribution in [-0.4, -0.2) is 23.5 Å². The average molecular weight is 320 g/mol. The highest BCUT2D eigenvalue weighted by molar-refractivity contribution is 5.93. The Morgan fingerprint density at radius 3 is 2.75 bits per heavy atom. The predicted molar refractivity (Wildman–Crippen MR) is 85.7 cm³/mol. The largest absolute Gasteiger partial charge is 0.352 e. The van der Waals surface area contributed by atoms with Crippen LogP contribution in [0.25, 0.3) is 0 Å². The number of amides is 1. The van der Waals surface area contributed by atoms with E-state index in [0.29, 0.717) is 17.5 Å². The molecule has 0 saturated heterocycles. The van der Waals surface area contributed by atoms with Crippen LogP contribution in [0.1, 0.15) is 41.7 Å². The first-order chi connectivity index (χ1) is 8.65. The van der Waals surface area contributed by atoms with Crippen molar-refractivity contribution in [2.45, 2.75) is 38.6 Å². The van der Waals surface area contributed by atoms with E-state index < -0.39 is 0 Å². The lowest BCUT2D eigenvalue weighted by atomic mass is 9.86. The maximum absolute atomic E-state index is 11.9. The van der Waals surface area contributed by atoms with Gasteiger partial charge in [0.25, 0.3) is 5.91 Å². The Balaban J connectivity index is 0.00000180. The molecule has 6 heteroatoms. The number of nitrogens with one attached hydrogen (secondary N) is 1. The quantitative estimate of drug-likeness (QED) is 0.899. The minimum absolute atomic E-state index is 0. The van der Waals surface area contributed by atoms with Crippen molar-refractivity contribution in [3.63, 3.8) is 0 Å². The Hall–Kier alpha value is -0.840. The number of nitrogens with zero attached hydrogens (tertiary/aromatic N) is 1. The Kier molecular flexibility index (Phi) is 8.78. The molecular formula is C14H23Cl2N3O. The number of nitrogens with two attached hydrogens (primary N) is 1.